The van der Waals surface area contributed by atoms with Crippen molar-refractivity contribution in [1.82, 2.24) is 20.1 Å². The summed E-state index contributed by atoms with van der Waals surface area (Å²) in [4.78, 5) is 21.4. The molecule has 1 N–H and O–H groups in total. The largest absolute Gasteiger partial charge is 0.492 e. The smallest absolute Gasteiger partial charge is 0.224 e. The monoisotopic (exact) mass is 376 g/mol. The Morgan fingerprint density at radius 2 is 2.22 bits per heavy atom. The number of rotatable bonds is 10. The van der Waals surface area contributed by atoms with E-state index in [0.717, 1.165) is 51.3 Å². The number of nitrogens with zero attached hydrogens (tertiary/aromatic N) is 3. The second kappa shape index (κ2) is 11.2. The maximum atomic E-state index is 12.7. The first kappa shape index (κ1) is 21.6. The highest BCUT2D eigenvalue weighted by atomic mass is 16.5. The zero-order valence-electron chi connectivity index (χ0n) is 17.4. The molecule has 0 bridgehead atoms. The second-order valence-electron chi connectivity index (χ2n) is 8.36. The number of likely N-dealkylation sites (tertiary alicyclic amines) is 1. The van der Waals surface area contributed by atoms with E-state index >= 15 is 0 Å². The molecule has 0 radical (unpaired) electrons. The number of ether oxygens (including phenoxy) is 1. The molecule has 1 amide bonds. The van der Waals surface area contributed by atoms with Crippen LogP contribution in [0.5, 0.6) is 5.75 Å². The molecule has 0 spiro atoms. The highest BCUT2D eigenvalue weighted by Crippen LogP contribution is 2.24. The second-order valence-corrected chi connectivity index (χ2v) is 8.36. The third-order valence-electron chi connectivity index (χ3n) is 4.81. The summed E-state index contributed by atoms with van der Waals surface area (Å²) in [6, 6.07) is 3.81. The lowest BCUT2D eigenvalue weighted by Crippen LogP contribution is -2.48. The highest BCUT2D eigenvalue weighted by molar-refractivity contribution is 5.79. The number of carbonyl (C=O) groups excluding carboxylic acids is 1. The molecule has 0 aromatic carbocycles. The van der Waals surface area contributed by atoms with E-state index in [0.29, 0.717) is 18.4 Å². The third kappa shape index (κ3) is 8.26. The van der Waals surface area contributed by atoms with Crippen LogP contribution in [0.15, 0.2) is 24.5 Å². The Hall–Kier alpha value is -1.66. The van der Waals surface area contributed by atoms with Crippen LogP contribution in [-0.4, -0.2) is 74.1 Å². The van der Waals surface area contributed by atoms with Gasteiger partial charge in [-0.15, -0.1) is 0 Å². The predicted octanol–water partition coefficient (Wildman–Crippen LogP) is 2.12. The van der Waals surface area contributed by atoms with Crippen LogP contribution in [0.3, 0.4) is 0 Å². The average Bonchev–Trinajstić information content (AvgIpc) is 2.63. The van der Waals surface area contributed by atoms with Crippen LogP contribution < -0.4 is 10.1 Å². The lowest BCUT2D eigenvalue weighted by Gasteiger charge is -2.37. The summed E-state index contributed by atoms with van der Waals surface area (Å²) in [5, 5.41) is 3.13. The average molecular weight is 377 g/mol. The quantitative estimate of drug-likeness (QED) is 0.634. The van der Waals surface area contributed by atoms with Crippen molar-refractivity contribution in [3.05, 3.63) is 24.5 Å². The summed E-state index contributed by atoms with van der Waals surface area (Å²) in [6.07, 6.45) is 5.35. The fourth-order valence-electron chi connectivity index (χ4n) is 3.68. The van der Waals surface area contributed by atoms with E-state index in [2.05, 4.69) is 48.0 Å². The van der Waals surface area contributed by atoms with Gasteiger partial charge < -0.3 is 19.9 Å². The highest BCUT2D eigenvalue weighted by Gasteiger charge is 2.32. The Kier molecular flexibility index (Phi) is 9.01. The number of aromatic nitrogens is 1. The first-order valence-corrected chi connectivity index (χ1v) is 10.1. The van der Waals surface area contributed by atoms with Gasteiger partial charge in [0.1, 0.15) is 5.75 Å². The zero-order chi connectivity index (χ0) is 19.6. The van der Waals surface area contributed by atoms with Crippen LogP contribution >= 0.6 is 0 Å². The Labute approximate surface area is 164 Å². The summed E-state index contributed by atoms with van der Waals surface area (Å²) < 4.78 is 5.93. The first-order valence-electron chi connectivity index (χ1n) is 10.1. The fourth-order valence-corrected chi connectivity index (χ4v) is 3.68. The summed E-state index contributed by atoms with van der Waals surface area (Å²) in [6.45, 7) is 9.68. The minimum Gasteiger partial charge on any atom is -0.492 e. The normalized spacial score (nSPS) is 20.8. The molecule has 1 aromatic heterocycles. The van der Waals surface area contributed by atoms with Crippen LogP contribution in [-0.2, 0) is 4.79 Å². The number of amides is 1. The van der Waals surface area contributed by atoms with Crippen molar-refractivity contribution < 1.29 is 9.53 Å². The Balaban J connectivity index is 1.87. The molecular weight excluding hydrogens is 340 g/mol. The van der Waals surface area contributed by atoms with Gasteiger partial charge in [-0.2, -0.15) is 0 Å². The van der Waals surface area contributed by atoms with Crippen molar-refractivity contribution in [3.8, 4) is 5.75 Å². The van der Waals surface area contributed by atoms with Crippen LogP contribution in [0.1, 0.15) is 26.7 Å². The minimum absolute atomic E-state index is 0.0411. The SMILES string of the molecule is CC(C)CN1C[C@@H](COc2cccnc2)C[C@@H](C(=O)NCCCN(C)C)C1. The van der Waals surface area contributed by atoms with E-state index in [1.54, 1.807) is 12.4 Å². The van der Waals surface area contributed by atoms with E-state index in [4.69, 9.17) is 4.74 Å². The number of hydrogen-bond donors (Lipinski definition) is 1. The van der Waals surface area contributed by atoms with Crippen molar-refractivity contribution in [2.24, 2.45) is 17.8 Å². The number of carbonyl (C=O) groups is 1. The summed E-state index contributed by atoms with van der Waals surface area (Å²) in [7, 11) is 4.11. The number of pyridine rings is 1. The van der Waals surface area contributed by atoms with E-state index in [1.165, 1.54) is 0 Å². The van der Waals surface area contributed by atoms with Crippen LogP contribution in [0.25, 0.3) is 0 Å². The molecule has 1 aliphatic heterocycles. The Bertz CT molecular complexity index is 550. The molecular formula is C21H36N4O2. The summed E-state index contributed by atoms with van der Waals surface area (Å²) in [5.74, 6) is 1.97. The van der Waals surface area contributed by atoms with Crippen molar-refractivity contribution in [1.29, 1.82) is 0 Å². The summed E-state index contributed by atoms with van der Waals surface area (Å²) >= 11 is 0. The number of piperidine rings is 1. The molecule has 6 nitrogen and oxygen atoms in total. The van der Waals surface area contributed by atoms with Gasteiger partial charge in [0.05, 0.1) is 18.7 Å². The van der Waals surface area contributed by atoms with Gasteiger partial charge in [0.25, 0.3) is 0 Å². The third-order valence-corrected chi connectivity index (χ3v) is 4.81. The molecule has 0 saturated carbocycles. The lowest BCUT2D eigenvalue weighted by atomic mass is 9.88. The standard InChI is InChI=1S/C21H36N4O2/c1-17(2)13-25-14-18(16-27-20-7-5-8-22-12-20)11-19(15-25)21(26)23-9-6-10-24(3)4/h5,7-8,12,17-19H,6,9-11,13-16H2,1-4H3,(H,23,26)/t18-,19+/m0/s1. The molecule has 2 heterocycles. The maximum Gasteiger partial charge on any atom is 0.224 e. The van der Waals surface area contributed by atoms with Gasteiger partial charge >= 0.3 is 0 Å². The Morgan fingerprint density at radius 3 is 2.89 bits per heavy atom. The minimum atomic E-state index is 0.0411. The first-order chi connectivity index (χ1) is 12.9. The van der Waals surface area contributed by atoms with Crippen molar-refractivity contribution in [3.63, 3.8) is 0 Å². The van der Waals surface area contributed by atoms with E-state index in [-0.39, 0.29) is 11.8 Å². The maximum absolute atomic E-state index is 12.7. The molecule has 1 aromatic rings. The van der Waals surface area contributed by atoms with Crippen LogP contribution in [0.4, 0.5) is 0 Å². The van der Waals surface area contributed by atoms with Gasteiger partial charge in [0.15, 0.2) is 0 Å². The van der Waals surface area contributed by atoms with E-state index in [1.807, 2.05) is 12.1 Å². The van der Waals surface area contributed by atoms with Gasteiger partial charge in [0, 0.05) is 38.3 Å². The molecule has 1 saturated heterocycles. The lowest BCUT2D eigenvalue weighted by molar-refractivity contribution is -0.127. The number of nitrogens with one attached hydrogen (secondary N) is 1. The van der Waals surface area contributed by atoms with Crippen LogP contribution in [0.2, 0.25) is 0 Å². The van der Waals surface area contributed by atoms with Gasteiger partial charge in [-0.3, -0.25) is 9.78 Å². The fraction of sp³-hybridized carbons (Fsp3) is 0.714. The summed E-state index contributed by atoms with van der Waals surface area (Å²) in [5.41, 5.74) is 0. The molecule has 152 valence electrons. The molecule has 27 heavy (non-hydrogen) atoms. The zero-order valence-corrected chi connectivity index (χ0v) is 17.4. The molecule has 2 rings (SSSR count). The van der Waals surface area contributed by atoms with E-state index < -0.39 is 0 Å². The van der Waals surface area contributed by atoms with Crippen molar-refractivity contribution in [2.75, 3.05) is 53.4 Å². The van der Waals surface area contributed by atoms with Gasteiger partial charge in [-0.1, -0.05) is 13.8 Å². The van der Waals surface area contributed by atoms with Gasteiger partial charge in [-0.05, 0) is 51.5 Å². The Morgan fingerprint density at radius 1 is 1.41 bits per heavy atom. The van der Waals surface area contributed by atoms with Gasteiger partial charge in [0.2, 0.25) is 5.91 Å². The number of hydrogen-bond acceptors (Lipinski definition) is 5. The van der Waals surface area contributed by atoms with E-state index in [9.17, 15) is 4.79 Å². The van der Waals surface area contributed by atoms with Crippen LogP contribution in [0, 0.1) is 17.8 Å². The van der Waals surface area contributed by atoms with Gasteiger partial charge in [-0.25, -0.2) is 0 Å². The van der Waals surface area contributed by atoms with Crippen molar-refractivity contribution in [2.45, 2.75) is 26.7 Å². The van der Waals surface area contributed by atoms with Crippen molar-refractivity contribution >= 4 is 5.91 Å². The molecule has 6 heteroatoms. The molecule has 1 aliphatic rings. The predicted molar refractivity (Wildman–Crippen MR) is 109 cm³/mol. The molecule has 0 unspecified atom stereocenters. The molecule has 2 atom stereocenters. The molecule has 0 aliphatic carbocycles. The topological polar surface area (TPSA) is 57.7 Å². The molecule has 1 fully saturated rings.